The second kappa shape index (κ2) is 19.1. The van der Waals surface area contributed by atoms with Crippen LogP contribution in [0, 0.1) is 0 Å². The van der Waals surface area contributed by atoms with Crippen molar-refractivity contribution < 1.29 is 9.53 Å². The minimum absolute atomic E-state index is 0.303. The lowest BCUT2D eigenvalue weighted by atomic mass is 10.0. The van der Waals surface area contributed by atoms with Gasteiger partial charge in [0.05, 0.1) is 6.61 Å². The van der Waals surface area contributed by atoms with Crippen molar-refractivity contribution in [2.75, 3.05) is 6.61 Å². The fraction of sp³-hybridized carbons (Fsp3) is 0.870. The third-order valence-electron chi connectivity index (χ3n) is 5.08. The summed E-state index contributed by atoms with van der Waals surface area (Å²) in [5.74, 6) is -0.303. The van der Waals surface area contributed by atoms with Gasteiger partial charge in [-0.2, -0.15) is 11.1 Å². The first-order chi connectivity index (χ1) is 13.0. The minimum Gasteiger partial charge on any atom is -0.463 e. The maximum Gasteiger partial charge on any atom is 0.330 e. The van der Waals surface area contributed by atoms with Gasteiger partial charge in [-0.25, -0.2) is 4.79 Å². The Hall–Kier alpha value is -0.283. The molecule has 0 saturated heterocycles. The summed E-state index contributed by atoms with van der Waals surface area (Å²) in [4.78, 5) is 10.9. The number of carbonyl (C=O) groups is 1. The summed E-state index contributed by atoms with van der Waals surface area (Å²) >= 11 is 6.35. The Morgan fingerprint density at radius 1 is 0.741 bits per heavy atom. The smallest absolute Gasteiger partial charge is 0.330 e. The molecular formula is C23H45ClO2Si. The summed E-state index contributed by atoms with van der Waals surface area (Å²) in [7, 11) is -1.32. The highest BCUT2D eigenvalue weighted by molar-refractivity contribution is 7.19. The molecule has 0 radical (unpaired) electrons. The first-order valence-corrected chi connectivity index (χ1v) is 15.7. The van der Waals surface area contributed by atoms with E-state index >= 15 is 0 Å². The number of hydrogen-bond donors (Lipinski definition) is 0. The highest BCUT2D eigenvalue weighted by Gasteiger charge is 2.15. The van der Waals surface area contributed by atoms with E-state index in [2.05, 4.69) is 19.7 Å². The van der Waals surface area contributed by atoms with Crippen LogP contribution in [0.3, 0.4) is 0 Å². The lowest BCUT2D eigenvalue weighted by molar-refractivity contribution is -0.137. The molecule has 0 N–H and O–H groups in total. The fourth-order valence-corrected chi connectivity index (χ4v) is 4.85. The van der Waals surface area contributed by atoms with E-state index in [1.165, 1.54) is 102 Å². The Bertz CT molecular complexity index is 353. The fourth-order valence-electron chi connectivity index (χ4n) is 3.35. The monoisotopic (exact) mass is 416 g/mol. The lowest BCUT2D eigenvalue weighted by Crippen LogP contribution is -2.14. The molecule has 2 nitrogen and oxygen atoms in total. The average Bonchev–Trinajstić information content (AvgIpc) is 2.62. The van der Waals surface area contributed by atoms with Gasteiger partial charge in [0.25, 0.3) is 0 Å². The lowest BCUT2D eigenvalue weighted by Gasteiger charge is -2.11. The van der Waals surface area contributed by atoms with E-state index in [-0.39, 0.29) is 5.97 Å². The van der Waals surface area contributed by atoms with Crippen molar-refractivity contribution in [3.8, 4) is 0 Å². The SMILES string of the molecule is C=CC(=O)OCCCCCCCCCCCCCCCCCC[Si](C)(C)Cl. The standard InChI is InChI=1S/C23H45ClO2Si/c1-4-23(25)26-21-19-17-15-13-11-9-7-5-6-8-10-12-14-16-18-20-22-27(2,3)24/h4H,1,5-22H2,2-3H3. The van der Waals surface area contributed by atoms with Crippen molar-refractivity contribution in [2.24, 2.45) is 0 Å². The van der Waals surface area contributed by atoms with Gasteiger partial charge in [-0.3, -0.25) is 0 Å². The summed E-state index contributed by atoms with van der Waals surface area (Å²) < 4.78 is 4.97. The van der Waals surface area contributed by atoms with Gasteiger partial charge in [-0.1, -0.05) is 116 Å². The number of ether oxygens (including phenoxy) is 1. The number of esters is 1. The molecule has 0 unspecified atom stereocenters. The van der Waals surface area contributed by atoms with Crippen LogP contribution in [0.5, 0.6) is 0 Å². The van der Waals surface area contributed by atoms with Crippen molar-refractivity contribution in [3.05, 3.63) is 12.7 Å². The van der Waals surface area contributed by atoms with Crippen LogP contribution in [0.15, 0.2) is 12.7 Å². The van der Waals surface area contributed by atoms with Gasteiger partial charge >= 0.3 is 5.97 Å². The molecule has 4 heteroatoms. The summed E-state index contributed by atoms with van der Waals surface area (Å²) in [5, 5.41) is 0. The average molecular weight is 417 g/mol. The molecule has 0 fully saturated rings. The van der Waals surface area contributed by atoms with Gasteiger partial charge in [0.2, 0.25) is 0 Å². The molecule has 0 bridgehead atoms. The molecule has 0 aromatic carbocycles. The number of halogens is 1. The van der Waals surface area contributed by atoms with Crippen LogP contribution in [0.2, 0.25) is 19.1 Å². The summed E-state index contributed by atoms with van der Waals surface area (Å²) in [6.07, 6.45) is 22.7. The molecule has 0 atom stereocenters. The molecule has 160 valence electrons. The summed E-state index contributed by atoms with van der Waals surface area (Å²) in [6, 6.07) is 1.28. The molecule has 0 aromatic rings. The van der Waals surface area contributed by atoms with Gasteiger partial charge < -0.3 is 4.74 Å². The topological polar surface area (TPSA) is 26.3 Å². The van der Waals surface area contributed by atoms with Crippen molar-refractivity contribution >= 4 is 24.4 Å². The molecular weight excluding hydrogens is 372 g/mol. The Kier molecular flexibility index (Phi) is 18.9. The molecule has 0 aromatic heterocycles. The van der Waals surface area contributed by atoms with Crippen LogP contribution in [0.1, 0.15) is 103 Å². The quantitative estimate of drug-likeness (QED) is 0.0654. The van der Waals surface area contributed by atoms with Crippen LogP contribution in [-0.4, -0.2) is 20.0 Å². The molecule has 0 saturated carbocycles. The maximum absolute atomic E-state index is 10.9. The van der Waals surface area contributed by atoms with E-state index in [9.17, 15) is 4.79 Å². The van der Waals surface area contributed by atoms with Crippen LogP contribution >= 0.6 is 11.1 Å². The molecule has 0 aliphatic rings. The summed E-state index contributed by atoms with van der Waals surface area (Å²) in [6.45, 7) is 8.43. The van der Waals surface area contributed by atoms with Gasteiger partial charge in [-0.05, 0) is 12.5 Å². The molecule has 0 aliphatic heterocycles. The van der Waals surface area contributed by atoms with Crippen molar-refractivity contribution in [2.45, 2.75) is 122 Å². The summed E-state index contributed by atoms with van der Waals surface area (Å²) in [5.41, 5.74) is 0. The van der Waals surface area contributed by atoms with Gasteiger partial charge in [0.1, 0.15) is 7.38 Å². The van der Waals surface area contributed by atoms with Gasteiger partial charge in [0, 0.05) is 6.08 Å². The molecule has 0 amide bonds. The van der Waals surface area contributed by atoms with Crippen molar-refractivity contribution in [1.82, 2.24) is 0 Å². The minimum atomic E-state index is -1.32. The molecule has 0 aliphatic carbocycles. The second-order valence-corrected chi connectivity index (χ2v) is 15.5. The number of carbonyl (C=O) groups excluding carboxylic acids is 1. The molecule has 27 heavy (non-hydrogen) atoms. The largest absolute Gasteiger partial charge is 0.463 e. The van der Waals surface area contributed by atoms with Crippen molar-refractivity contribution in [1.29, 1.82) is 0 Å². The molecule has 0 heterocycles. The Labute approximate surface area is 175 Å². The first kappa shape index (κ1) is 26.7. The highest BCUT2D eigenvalue weighted by Crippen LogP contribution is 2.19. The normalized spacial score (nSPS) is 11.5. The van der Waals surface area contributed by atoms with Gasteiger partial charge in [-0.15, -0.1) is 0 Å². The number of unbranched alkanes of at least 4 members (excludes halogenated alkanes) is 15. The zero-order valence-electron chi connectivity index (χ0n) is 18.2. The Balaban J connectivity index is 3.07. The van der Waals surface area contributed by atoms with Crippen LogP contribution in [0.25, 0.3) is 0 Å². The predicted octanol–water partition coefficient (Wildman–Crippen LogP) is 8.40. The van der Waals surface area contributed by atoms with E-state index in [0.717, 1.165) is 12.8 Å². The number of hydrogen-bond acceptors (Lipinski definition) is 2. The third kappa shape index (κ3) is 23.7. The number of rotatable bonds is 20. The van der Waals surface area contributed by atoms with Gasteiger partial charge in [0.15, 0.2) is 0 Å². The van der Waals surface area contributed by atoms with E-state index in [1.807, 2.05) is 0 Å². The van der Waals surface area contributed by atoms with E-state index in [4.69, 9.17) is 15.8 Å². The first-order valence-electron chi connectivity index (χ1n) is 11.4. The second-order valence-electron chi connectivity index (χ2n) is 8.50. The Morgan fingerprint density at radius 2 is 1.07 bits per heavy atom. The predicted molar refractivity (Wildman–Crippen MR) is 123 cm³/mol. The maximum atomic E-state index is 10.9. The third-order valence-corrected chi connectivity index (χ3v) is 7.19. The highest BCUT2D eigenvalue weighted by atomic mass is 35.6. The van der Waals surface area contributed by atoms with E-state index in [1.54, 1.807) is 0 Å². The van der Waals surface area contributed by atoms with E-state index < -0.39 is 7.38 Å². The van der Waals surface area contributed by atoms with Crippen molar-refractivity contribution in [3.63, 3.8) is 0 Å². The van der Waals surface area contributed by atoms with Crippen LogP contribution in [-0.2, 0) is 9.53 Å². The molecule has 0 rings (SSSR count). The molecule has 0 spiro atoms. The van der Waals surface area contributed by atoms with E-state index in [0.29, 0.717) is 6.61 Å². The zero-order valence-corrected chi connectivity index (χ0v) is 20.0. The zero-order chi connectivity index (χ0) is 20.2. The van der Waals surface area contributed by atoms with Crippen LogP contribution in [0.4, 0.5) is 0 Å². The Morgan fingerprint density at radius 3 is 1.41 bits per heavy atom. The van der Waals surface area contributed by atoms with Crippen LogP contribution < -0.4 is 0 Å².